The highest BCUT2D eigenvalue weighted by atomic mass is 16.5. The number of hydrogen-bond acceptors (Lipinski definition) is 4. The van der Waals surface area contributed by atoms with E-state index in [1.54, 1.807) is 0 Å². The van der Waals surface area contributed by atoms with E-state index in [1.807, 2.05) is 32.6 Å². The van der Waals surface area contributed by atoms with Crippen molar-refractivity contribution in [2.24, 2.45) is 7.05 Å². The van der Waals surface area contributed by atoms with Crippen molar-refractivity contribution in [2.45, 2.75) is 19.6 Å². The fraction of sp³-hybridized carbons (Fsp3) is 0.571. The van der Waals surface area contributed by atoms with Crippen LogP contribution in [-0.2, 0) is 18.3 Å². The molecule has 0 radical (unpaired) electrons. The number of morpholine rings is 1. The van der Waals surface area contributed by atoms with E-state index in [0.717, 1.165) is 43.6 Å². The summed E-state index contributed by atoms with van der Waals surface area (Å²) >= 11 is 0. The Bertz CT molecular complexity index is 588. The lowest BCUT2D eigenvalue weighted by molar-refractivity contribution is -0.0272. The number of ether oxygens (including phenoxy) is 1. The van der Waals surface area contributed by atoms with Crippen LogP contribution in [0.3, 0.4) is 0 Å². The lowest BCUT2D eigenvalue weighted by Gasteiger charge is -2.30. The Balaban J connectivity index is 1.82. The molecule has 0 aromatic carbocycles. The van der Waals surface area contributed by atoms with E-state index in [0.29, 0.717) is 0 Å². The van der Waals surface area contributed by atoms with Crippen LogP contribution in [0.25, 0.3) is 11.5 Å². The molecule has 2 aromatic heterocycles. The van der Waals surface area contributed by atoms with Crippen molar-refractivity contribution in [3.8, 4) is 11.5 Å². The molecule has 1 saturated heterocycles. The molecule has 0 spiro atoms. The Morgan fingerprint density at radius 1 is 1.35 bits per heavy atom. The van der Waals surface area contributed by atoms with Gasteiger partial charge in [-0.25, -0.2) is 9.97 Å². The van der Waals surface area contributed by atoms with Crippen LogP contribution in [0.1, 0.15) is 5.82 Å². The van der Waals surface area contributed by atoms with Gasteiger partial charge in [0.05, 0.1) is 25.5 Å². The first-order valence-electron chi connectivity index (χ1n) is 6.95. The topological polar surface area (TPSA) is 48.1 Å². The van der Waals surface area contributed by atoms with Gasteiger partial charge in [0.2, 0.25) is 0 Å². The molecule has 108 valence electrons. The van der Waals surface area contributed by atoms with Crippen LogP contribution in [-0.4, -0.2) is 56.9 Å². The average molecular weight is 275 g/mol. The zero-order valence-electron chi connectivity index (χ0n) is 12.3. The van der Waals surface area contributed by atoms with E-state index in [1.165, 1.54) is 0 Å². The van der Waals surface area contributed by atoms with Gasteiger partial charge in [-0.2, -0.15) is 0 Å². The first-order chi connectivity index (χ1) is 9.65. The molecule has 1 aliphatic rings. The molecule has 1 atom stereocenters. The molecule has 0 N–H and O–H groups in total. The smallest absolute Gasteiger partial charge is 0.158 e. The third kappa shape index (κ3) is 2.48. The summed E-state index contributed by atoms with van der Waals surface area (Å²) in [4.78, 5) is 11.1. The minimum atomic E-state index is 0.219. The maximum atomic E-state index is 5.84. The highest BCUT2D eigenvalue weighted by Crippen LogP contribution is 2.19. The number of nitrogens with zero attached hydrogens (tertiary/aromatic N) is 5. The quantitative estimate of drug-likeness (QED) is 0.836. The van der Waals surface area contributed by atoms with Crippen LogP contribution >= 0.6 is 0 Å². The van der Waals surface area contributed by atoms with Gasteiger partial charge in [0.25, 0.3) is 0 Å². The molecular formula is C14H21N5O. The predicted octanol–water partition coefficient (Wildman–Crippen LogP) is 0.923. The number of aryl methyl sites for hydroxylation is 1. The van der Waals surface area contributed by atoms with Gasteiger partial charge in [-0.1, -0.05) is 0 Å². The molecule has 0 saturated carbocycles. The molecule has 2 aromatic rings. The maximum Gasteiger partial charge on any atom is 0.158 e. The minimum Gasteiger partial charge on any atom is -0.374 e. The van der Waals surface area contributed by atoms with Crippen molar-refractivity contribution in [1.29, 1.82) is 0 Å². The number of imidazole rings is 2. The molecular weight excluding hydrogens is 254 g/mol. The Morgan fingerprint density at radius 3 is 2.90 bits per heavy atom. The highest BCUT2D eigenvalue weighted by molar-refractivity contribution is 5.50. The van der Waals surface area contributed by atoms with Crippen LogP contribution in [0.15, 0.2) is 18.6 Å². The lowest BCUT2D eigenvalue weighted by Crippen LogP contribution is -2.42. The molecule has 6 heteroatoms. The summed E-state index contributed by atoms with van der Waals surface area (Å²) in [6, 6.07) is 0. The van der Waals surface area contributed by atoms with Gasteiger partial charge in [0, 0.05) is 32.5 Å². The van der Waals surface area contributed by atoms with Gasteiger partial charge in [0.1, 0.15) is 11.5 Å². The highest BCUT2D eigenvalue weighted by Gasteiger charge is 2.20. The van der Waals surface area contributed by atoms with Gasteiger partial charge in [-0.3, -0.25) is 0 Å². The summed E-state index contributed by atoms with van der Waals surface area (Å²) in [6.07, 6.45) is 5.94. The Morgan fingerprint density at radius 2 is 2.20 bits per heavy atom. The summed E-state index contributed by atoms with van der Waals surface area (Å²) in [5, 5.41) is 0. The van der Waals surface area contributed by atoms with Gasteiger partial charge in [-0.15, -0.1) is 0 Å². The summed E-state index contributed by atoms with van der Waals surface area (Å²) in [5.74, 6) is 1.94. The Kier molecular flexibility index (Phi) is 3.58. The summed E-state index contributed by atoms with van der Waals surface area (Å²) in [7, 11) is 4.15. The summed E-state index contributed by atoms with van der Waals surface area (Å²) in [6.45, 7) is 5.59. The van der Waals surface area contributed by atoms with E-state index in [-0.39, 0.29) is 6.10 Å². The van der Waals surface area contributed by atoms with Crippen LogP contribution in [0.4, 0.5) is 0 Å². The third-order valence-electron chi connectivity index (χ3n) is 3.91. The number of hydrogen-bond donors (Lipinski definition) is 0. The van der Waals surface area contributed by atoms with E-state index < -0.39 is 0 Å². The normalized spacial score (nSPS) is 20.4. The molecule has 20 heavy (non-hydrogen) atoms. The largest absolute Gasteiger partial charge is 0.374 e. The fourth-order valence-electron chi connectivity index (χ4n) is 2.60. The Labute approximate surface area is 119 Å². The lowest BCUT2D eigenvalue weighted by atomic mass is 10.2. The first-order valence-corrected chi connectivity index (χ1v) is 6.95. The zero-order chi connectivity index (χ0) is 14.1. The second-order valence-corrected chi connectivity index (χ2v) is 5.41. The van der Waals surface area contributed by atoms with Crippen molar-refractivity contribution < 1.29 is 4.74 Å². The molecule has 1 aliphatic heterocycles. The van der Waals surface area contributed by atoms with Crippen LogP contribution in [0, 0.1) is 6.92 Å². The number of aromatic nitrogens is 4. The van der Waals surface area contributed by atoms with Crippen molar-refractivity contribution >= 4 is 0 Å². The van der Waals surface area contributed by atoms with Crippen molar-refractivity contribution in [3.63, 3.8) is 0 Å². The van der Waals surface area contributed by atoms with Gasteiger partial charge in [0.15, 0.2) is 5.82 Å². The van der Waals surface area contributed by atoms with Gasteiger partial charge < -0.3 is 18.8 Å². The predicted molar refractivity (Wildman–Crippen MR) is 76.4 cm³/mol. The van der Waals surface area contributed by atoms with Crippen molar-refractivity contribution in [3.05, 3.63) is 24.4 Å². The average Bonchev–Trinajstić information content (AvgIpc) is 2.98. The second-order valence-electron chi connectivity index (χ2n) is 5.41. The van der Waals surface area contributed by atoms with Crippen LogP contribution in [0.2, 0.25) is 0 Å². The summed E-state index contributed by atoms with van der Waals surface area (Å²) in [5.41, 5.74) is 1.04. The van der Waals surface area contributed by atoms with Crippen LogP contribution in [0.5, 0.6) is 0 Å². The molecule has 6 nitrogen and oxygen atoms in total. The van der Waals surface area contributed by atoms with E-state index >= 15 is 0 Å². The maximum absolute atomic E-state index is 5.84. The van der Waals surface area contributed by atoms with E-state index in [9.17, 15) is 0 Å². The number of rotatable bonds is 3. The Hall–Kier alpha value is -1.66. The molecule has 3 heterocycles. The third-order valence-corrected chi connectivity index (χ3v) is 3.91. The zero-order valence-corrected chi connectivity index (χ0v) is 12.3. The standard InChI is InChI=1S/C14H21N5O/c1-11-16-8-13(18(11)3)14-15-4-5-19(14)10-12-9-17(2)6-7-20-12/h4-5,8,12H,6-7,9-10H2,1-3H3. The fourth-order valence-corrected chi connectivity index (χ4v) is 2.60. The summed E-state index contributed by atoms with van der Waals surface area (Å²) < 4.78 is 10.1. The van der Waals surface area contributed by atoms with Gasteiger partial charge >= 0.3 is 0 Å². The molecule has 3 rings (SSSR count). The molecule has 0 amide bonds. The monoisotopic (exact) mass is 275 g/mol. The van der Waals surface area contributed by atoms with E-state index in [4.69, 9.17) is 4.74 Å². The molecule has 0 bridgehead atoms. The van der Waals surface area contributed by atoms with Crippen molar-refractivity contribution in [2.75, 3.05) is 26.7 Å². The van der Waals surface area contributed by atoms with Gasteiger partial charge in [-0.05, 0) is 14.0 Å². The molecule has 1 fully saturated rings. The minimum absolute atomic E-state index is 0.219. The van der Waals surface area contributed by atoms with Crippen molar-refractivity contribution in [1.82, 2.24) is 24.0 Å². The van der Waals surface area contributed by atoms with E-state index in [2.05, 4.69) is 31.0 Å². The second kappa shape index (κ2) is 5.38. The van der Waals surface area contributed by atoms with Crippen LogP contribution < -0.4 is 0 Å². The SMILES string of the molecule is Cc1ncc(-c2nccn2CC2CN(C)CCO2)n1C. The molecule has 1 unspecified atom stereocenters. The number of likely N-dealkylation sites (N-methyl/N-ethyl adjacent to an activating group) is 1. The first kappa shape index (κ1) is 13.3. The molecule has 0 aliphatic carbocycles.